The van der Waals surface area contributed by atoms with Crippen LogP contribution in [0.2, 0.25) is 0 Å². The Hall–Kier alpha value is -5.30. The maximum atomic E-state index is 15.5. The molecule has 0 amide bonds. The van der Waals surface area contributed by atoms with E-state index in [2.05, 4.69) is 20.1 Å². The zero-order valence-electron chi connectivity index (χ0n) is 20.7. The van der Waals surface area contributed by atoms with E-state index in [0.29, 0.717) is 16.9 Å². The number of hydrogen-bond acceptors (Lipinski definition) is 6. The Morgan fingerprint density at radius 1 is 0.927 bits per heavy atom. The maximum absolute atomic E-state index is 15.5. The lowest BCUT2D eigenvalue weighted by molar-refractivity contribution is 0.103. The van der Waals surface area contributed by atoms with E-state index in [0.717, 1.165) is 30.3 Å². The SMILES string of the molecule is O=C(c1c(F)ccc(NS(=O)(=O)c2cccc(F)c2)c1F)c1c[nH]c2ncc(-c3cnn(-c4ccccn4)c3)cc12. The number of sulfonamides is 1. The van der Waals surface area contributed by atoms with Gasteiger partial charge in [0.1, 0.15) is 17.3 Å². The number of carbonyl (C=O) groups excluding carboxylic acids is 1. The maximum Gasteiger partial charge on any atom is 0.262 e. The van der Waals surface area contributed by atoms with Crippen LogP contribution in [0.5, 0.6) is 0 Å². The predicted octanol–water partition coefficient (Wildman–Crippen LogP) is 5.26. The van der Waals surface area contributed by atoms with Crippen molar-refractivity contribution in [2.45, 2.75) is 4.90 Å². The zero-order valence-corrected chi connectivity index (χ0v) is 21.5. The van der Waals surface area contributed by atoms with Crippen molar-refractivity contribution in [2.24, 2.45) is 0 Å². The summed E-state index contributed by atoms with van der Waals surface area (Å²) in [5.74, 6) is -3.90. The first kappa shape index (κ1) is 26.0. The van der Waals surface area contributed by atoms with Crippen LogP contribution >= 0.6 is 0 Å². The molecule has 4 aromatic heterocycles. The van der Waals surface area contributed by atoms with Crippen LogP contribution in [0.4, 0.5) is 18.9 Å². The Labute approximate surface area is 230 Å². The van der Waals surface area contributed by atoms with Crippen molar-refractivity contribution in [2.75, 3.05) is 4.72 Å². The van der Waals surface area contributed by atoms with Crippen molar-refractivity contribution in [1.29, 1.82) is 0 Å². The smallest absolute Gasteiger partial charge is 0.262 e. The minimum Gasteiger partial charge on any atom is -0.345 e. The van der Waals surface area contributed by atoms with Crippen LogP contribution in [-0.2, 0) is 10.0 Å². The molecule has 6 aromatic rings. The summed E-state index contributed by atoms with van der Waals surface area (Å²) in [6.45, 7) is 0. The van der Waals surface area contributed by atoms with E-state index in [4.69, 9.17) is 0 Å². The number of nitrogens with one attached hydrogen (secondary N) is 2. The third kappa shape index (κ3) is 4.82. The molecule has 0 saturated heterocycles. The first-order valence-corrected chi connectivity index (χ1v) is 13.4. The largest absolute Gasteiger partial charge is 0.345 e. The number of anilines is 1. The number of benzene rings is 2. The summed E-state index contributed by atoms with van der Waals surface area (Å²) in [6, 6.07) is 12.7. The van der Waals surface area contributed by atoms with E-state index >= 15 is 4.39 Å². The lowest BCUT2D eigenvalue weighted by Crippen LogP contribution is -2.16. The van der Waals surface area contributed by atoms with E-state index in [1.54, 1.807) is 47.7 Å². The molecule has 0 radical (unpaired) electrons. The molecule has 204 valence electrons. The fraction of sp³-hybridized carbons (Fsp3) is 0. The van der Waals surface area contributed by atoms with E-state index in [1.807, 2.05) is 10.8 Å². The summed E-state index contributed by atoms with van der Waals surface area (Å²) in [5, 5.41) is 4.58. The van der Waals surface area contributed by atoms with Crippen LogP contribution in [0.15, 0.2) is 96.5 Å². The molecule has 0 unspecified atom stereocenters. The molecule has 0 saturated carbocycles. The van der Waals surface area contributed by atoms with Gasteiger partial charge in [0.05, 0.1) is 22.3 Å². The molecule has 0 atom stereocenters. The molecule has 0 aliphatic rings. The highest BCUT2D eigenvalue weighted by molar-refractivity contribution is 7.92. The number of hydrogen-bond donors (Lipinski definition) is 2. The Kier molecular flexibility index (Phi) is 6.34. The molecule has 0 aliphatic carbocycles. The Morgan fingerprint density at radius 3 is 2.56 bits per heavy atom. The van der Waals surface area contributed by atoms with Crippen LogP contribution in [0.25, 0.3) is 28.0 Å². The zero-order chi connectivity index (χ0) is 28.7. The van der Waals surface area contributed by atoms with Crippen molar-refractivity contribution in [3.63, 3.8) is 0 Å². The number of nitrogens with zero attached hydrogens (tertiary/aromatic N) is 4. The number of aromatic amines is 1. The topological polar surface area (TPSA) is 123 Å². The average molecular weight is 575 g/mol. The van der Waals surface area contributed by atoms with Crippen molar-refractivity contribution in [1.82, 2.24) is 24.7 Å². The van der Waals surface area contributed by atoms with Crippen LogP contribution in [-0.4, -0.2) is 38.9 Å². The highest BCUT2D eigenvalue weighted by Gasteiger charge is 2.27. The molecule has 6 rings (SSSR count). The van der Waals surface area contributed by atoms with Gasteiger partial charge in [0.25, 0.3) is 10.0 Å². The number of aromatic nitrogens is 5. The van der Waals surface area contributed by atoms with E-state index in [1.165, 1.54) is 12.3 Å². The van der Waals surface area contributed by atoms with Crippen molar-refractivity contribution < 1.29 is 26.4 Å². The summed E-state index contributed by atoms with van der Waals surface area (Å²) in [6.07, 6.45) is 7.74. The van der Waals surface area contributed by atoms with Gasteiger partial charge in [-0.1, -0.05) is 12.1 Å². The second-order valence-corrected chi connectivity index (χ2v) is 10.5. The monoisotopic (exact) mass is 574 g/mol. The van der Waals surface area contributed by atoms with Gasteiger partial charge in [0.2, 0.25) is 5.78 Å². The van der Waals surface area contributed by atoms with Crippen LogP contribution in [0, 0.1) is 17.5 Å². The van der Waals surface area contributed by atoms with Crippen molar-refractivity contribution >= 4 is 32.5 Å². The molecular formula is C28H17F3N6O3S. The molecule has 0 spiro atoms. The third-order valence-corrected chi connectivity index (χ3v) is 7.61. The Morgan fingerprint density at radius 2 is 1.78 bits per heavy atom. The van der Waals surface area contributed by atoms with Crippen LogP contribution < -0.4 is 4.72 Å². The highest BCUT2D eigenvalue weighted by atomic mass is 32.2. The van der Waals surface area contributed by atoms with Gasteiger partial charge in [-0.05, 0) is 48.5 Å². The second-order valence-electron chi connectivity index (χ2n) is 8.86. The number of H-pyrrole nitrogens is 1. The van der Waals surface area contributed by atoms with Gasteiger partial charge < -0.3 is 4.98 Å². The van der Waals surface area contributed by atoms with Crippen molar-refractivity contribution in [3.8, 4) is 16.9 Å². The summed E-state index contributed by atoms with van der Waals surface area (Å²) >= 11 is 0. The quantitative estimate of drug-likeness (QED) is 0.251. The number of ketones is 1. The number of halogens is 3. The lowest BCUT2D eigenvalue weighted by Gasteiger charge is -2.12. The molecular weight excluding hydrogens is 557 g/mol. The molecule has 9 nitrogen and oxygen atoms in total. The fourth-order valence-corrected chi connectivity index (χ4v) is 5.34. The molecule has 13 heteroatoms. The summed E-state index contributed by atoms with van der Waals surface area (Å²) in [5.41, 5.74) is -0.229. The summed E-state index contributed by atoms with van der Waals surface area (Å²) in [4.78, 5) is 24.3. The Bertz CT molecular complexity index is 2060. The van der Waals surface area contributed by atoms with Crippen LogP contribution in [0.3, 0.4) is 0 Å². The molecule has 0 bridgehead atoms. The molecule has 2 N–H and O–H groups in total. The van der Waals surface area contributed by atoms with Crippen LogP contribution in [0.1, 0.15) is 15.9 Å². The lowest BCUT2D eigenvalue weighted by atomic mass is 10.0. The van der Waals surface area contributed by atoms with Gasteiger partial charge in [-0.15, -0.1) is 0 Å². The highest BCUT2D eigenvalue weighted by Crippen LogP contribution is 2.30. The summed E-state index contributed by atoms with van der Waals surface area (Å²) in [7, 11) is -4.45. The first-order chi connectivity index (χ1) is 19.7. The molecule has 41 heavy (non-hydrogen) atoms. The van der Waals surface area contributed by atoms with Gasteiger partial charge in [0, 0.05) is 46.9 Å². The van der Waals surface area contributed by atoms with E-state index < -0.39 is 49.4 Å². The number of carbonyl (C=O) groups is 1. The normalized spacial score (nSPS) is 11.6. The Balaban J connectivity index is 1.36. The van der Waals surface area contributed by atoms with E-state index in [-0.39, 0.29) is 16.6 Å². The predicted molar refractivity (Wildman–Crippen MR) is 143 cm³/mol. The minimum atomic E-state index is -4.45. The average Bonchev–Trinajstić information content (AvgIpc) is 3.63. The first-order valence-electron chi connectivity index (χ1n) is 12.0. The van der Waals surface area contributed by atoms with Crippen molar-refractivity contribution in [3.05, 3.63) is 120 Å². The van der Waals surface area contributed by atoms with E-state index in [9.17, 15) is 22.0 Å². The molecule has 0 aliphatic heterocycles. The van der Waals surface area contributed by atoms with Gasteiger partial charge in [-0.25, -0.2) is 36.2 Å². The van der Waals surface area contributed by atoms with Gasteiger partial charge in [-0.3, -0.25) is 9.52 Å². The van der Waals surface area contributed by atoms with Gasteiger partial charge >= 0.3 is 0 Å². The fourth-order valence-electron chi connectivity index (χ4n) is 4.25. The van der Waals surface area contributed by atoms with Gasteiger partial charge in [-0.2, -0.15) is 5.10 Å². The molecule has 0 fully saturated rings. The van der Waals surface area contributed by atoms with Gasteiger partial charge in [0.15, 0.2) is 11.6 Å². The minimum absolute atomic E-state index is 0.0885. The number of fused-ring (bicyclic) bond motifs is 1. The number of pyridine rings is 2. The second kappa shape index (κ2) is 10.0. The third-order valence-electron chi connectivity index (χ3n) is 6.24. The molecule has 4 heterocycles. The standard InChI is InChI=1S/C28H17F3N6O3S/c29-18-4-3-5-19(11-18)41(39,40)36-23-8-7-22(30)25(26(23)31)27(38)21-14-34-28-20(21)10-16(12-33-28)17-13-35-37(15-17)24-6-1-2-9-32-24/h1-15,36H,(H,33,34). The summed E-state index contributed by atoms with van der Waals surface area (Å²) < 4.78 is 72.8. The number of rotatable bonds is 7. The molecule has 2 aromatic carbocycles.